The average Bonchev–Trinajstić information content (AvgIpc) is 2.53. The van der Waals surface area contributed by atoms with E-state index in [1.54, 1.807) is 45.0 Å². The van der Waals surface area contributed by atoms with E-state index in [4.69, 9.17) is 21.1 Å². The molecule has 0 atom stereocenters. The van der Waals surface area contributed by atoms with Crippen LogP contribution < -0.4 is 14.2 Å². The third-order valence-corrected chi connectivity index (χ3v) is 5.41. The number of hydrogen-bond acceptors (Lipinski definition) is 5. The molecule has 6 nitrogen and oxygen atoms in total. The van der Waals surface area contributed by atoms with E-state index >= 15 is 0 Å². The van der Waals surface area contributed by atoms with Gasteiger partial charge in [-0.25, -0.2) is 17.9 Å². The number of rotatable bonds is 5. The fourth-order valence-corrected chi connectivity index (χ4v) is 4.05. The SMILES string of the molecule is COc1ccc(OC(=O)c2ccc(Cl)c(S(=O)(=O)NC(C)(C)C)c2)cc1. The van der Waals surface area contributed by atoms with Crippen LogP contribution in [0.2, 0.25) is 5.02 Å². The Morgan fingerprint density at radius 2 is 1.62 bits per heavy atom. The first-order chi connectivity index (χ1) is 12.0. The van der Waals surface area contributed by atoms with Crippen LogP contribution in [0.3, 0.4) is 0 Å². The van der Waals surface area contributed by atoms with Gasteiger partial charge in [0.1, 0.15) is 16.4 Å². The van der Waals surface area contributed by atoms with Gasteiger partial charge >= 0.3 is 5.97 Å². The Hall–Kier alpha value is -2.09. The molecule has 0 spiro atoms. The van der Waals surface area contributed by atoms with Crippen LogP contribution in [0.4, 0.5) is 0 Å². The largest absolute Gasteiger partial charge is 0.497 e. The zero-order chi connectivity index (χ0) is 19.5. The van der Waals surface area contributed by atoms with Gasteiger partial charge in [0, 0.05) is 5.54 Å². The van der Waals surface area contributed by atoms with E-state index in [1.165, 1.54) is 25.3 Å². The standard InChI is InChI=1S/C18H20ClNO5S/c1-18(2,3)20-26(22,23)16-11-12(5-10-15(16)19)17(21)25-14-8-6-13(24-4)7-9-14/h5-11,20H,1-4H3. The molecular formula is C18H20ClNO5S. The van der Waals surface area contributed by atoms with Gasteiger partial charge in [0.25, 0.3) is 0 Å². The Kier molecular flexibility index (Phi) is 5.95. The maximum absolute atomic E-state index is 12.5. The number of halogens is 1. The maximum Gasteiger partial charge on any atom is 0.343 e. The van der Waals surface area contributed by atoms with Gasteiger partial charge in [-0.15, -0.1) is 0 Å². The molecule has 26 heavy (non-hydrogen) atoms. The van der Waals surface area contributed by atoms with Crippen molar-refractivity contribution in [2.75, 3.05) is 7.11 Å². The van der Waals surface area contributed by atoms with Gasteiger partial charge in [-0.1, -0.05) is 11.6 Å². The van der Waals surface area contributed by atoms with E-state index < -0.39 is 21.5 Å². The third-order valence-electron chi connectivity index (χ3n) is 3.17. The highest BCUT2D eigenvalue weighted by Gasteiger charge is 2.25. The molecule has 0 amide bonds. The van der Waals surface area contributed by atoms with Crippen LogP contribution >= 0.6 is 11.6 Å². The van der Waals surface area contributed by atoms with E-state index in [-0.39, 0.29) is 15.5 Å². The van der Waals surface area contributed by atoms with Crippen LogP contribution in [0.5, 0.6) is 11.5 Å². The van der Waals surface area contributed by atoms with Gasteiger partial charge in [-0.2, -0.15) is 0 Å². The van der Waals surface area contributed by atoms with Gasteiger partial charge in [0.2, 0.25) is 10.0 Å². The molecule has 0 bridgehead atoms. The zero-order valence-electron chi connectivity index (χ0n) is 14.9. The summed E-state index contributed by atoms with van der Waals surface area (Å²) in [6.45, 7) is 5.13. The Labute approximate surface area is 158 Å². The number of sulfonamides is 1. The molecule has 0 saturated carbocycles. The summed E-state index contributed by atoms with van der Waals surface area (Å²) in [5, 5.41) is 0.0164. The lowest BCUT2D eigenvalue weighted by atomic mass is 10.1. The summed E-state index contributed by atoms with van der Waals surface area (Å²) in [5.74, 6) is 0.236. The molecule has 0 unspecified atom stereocenters. The molecule has 140 valence electrons. The van der Waals surface area contributed by atoms with Crippen LogP contribution in [0, 0.1) is 0 Å². The van der Waals surface area contributed by atoms with E-state index in [0.717, 1.165) is 0 Å². The molecule has 0 radical (unpaired) electrons. The van der Waals surface area contributed by atoms with Crippen molar-refractivity contribution in [1.82, 2.24) is 4.72 Å². The summed E-state index contributed by atoms with van der Waals surface area (Å²) in [6.07, 6.45) is 0. The molecule has 2 aromatic carbocycles. The van der Waals surface area contributed by atoms with Gasteiger partial charge in [0.05, 0.1) is 17.7 Å². The molecule has 0 aliphatic carbocycles. The molecule has 0 fully saturated rings. The summed E-state index contributed by atoms with van der Waals surface area (Å²) < 4.78 is 37.8. The molecule has 2 aromatic rings. The molecular weight excluding hydrogens is 378 g/mol. The number of carbonyl (C=O) groups is 1. The Morgan fingerprint density at radius 1 is 1.04 bits per heavy atom. The van der Waals surface area contributed by atoms with Gasteiger partial charge in [-0.3, -0.25) is 0 Å². The normalized spacial score (nSPS) is 11.9. The number of carbonyl (C=O) groups excluding carboxylic acids is 1. The Morgan fingerprint density at radius 3 is 2.15 bits per heavy atom. The average molecular weight is 398 g/mol. The first-order valence-corrected chi connectivity index (χ1v) is 9.58. The highest BCUT2D eigenvalue weighted by Crippen LogP contribution is 2.25. The zero-order valence-corrected chi connectivity index (χ0v) is 16.4. The minimum atomic E-state index is -3.89. The highest BCUT2D eigenvalue weighted by atomic mass is 35.5. The Balaban J connectivity index is 2.29. The van der Waals surface area contributed by atoms with Crippen molar-refractivity contribution >= 4 is 27.6 Å². The summed E-state index contributed by atoms with van der Waals surface area (Å²) >= 11 is 6.02. The molecule has 0 saturated heterocycles. The summed E-state index contributed by atoms with van der Waals surface area (Å²) in [4.78, 5) is 12.2. The number of benzene rings is 2. The second kappa shape index (κ2) is 7.65. The van der Waals surface area contributed by atoms with Crippen LogP contribution in [0.25, 0.3) is 0 Å². The first-order valence-electron chi connectivity index (χ1n) is 7.71. The monoisotopic (exact) mass is 397 g/mol. The third kappa shape index (κ3) is 5.20. The quantitative estimate of drug-likeness (QED) is 0.615. The van der Waals surface area contributed by atoms with Gasteiger partial charge in [0.15, 0.2) is 0 Å². The van der Waals surface area contributed by atoms with E-state index in [0.29, 0.717) is 11.5 Å². The minimum Gasteiger partial charge on any atom is -0.497 e. The molecule has 0 heterocycles. The second-order valence-corrected chi connectivity index (χ2v) is 8.62. The number of ether oxygens (including phenoxy) is 2. The second-order valence-electron chi connectivity index (χ2n) is 6.57. The number of methoxy groups -OCH3 is 1. The van der Waals surface area contributed by atoms with Crippen molar-refractivity contribution in [3.63, 3.8) is 0 Å². The lowest BCUT2D eigenvalue weighted by molar-refractivity contribution is 0.0734. The topological polar surface area (TPSA) is 81.7 Å². The van der Waals surface area contributed by atoms with Crippen LogP contribution in [-0.2, 0) is 10.0 Å². The van der Waals surface area contributed by atoms with Crippen molar-refractivity contribution in [2.45, 2.75) is 31.2 Å². The molecule has 0 aliphatic rings. The smallest absolute Gasteiger partial charge is 0.343 e. The van der Waals surface area contributed by atoms with E-state index in [9.17, 15) is 13.2 Å². The van der Waals surface area contributed by atoms with Crippen LogP contribution in [-0.4, -0.2) is 27.0 Å². The van der Waals surface area contributed by atoms with Gasteiger partial charge in [-0.05, 0) is 63.2 Å². The van der Waals surface area contributed by atoms with Gasteiger partial charge < -0.3 is 9.47 Å². The summed E-state index contributed by atoms with van der Waals surface area (Å²) in [7, 11) is -2.36. The van der Waals surface area contributed by atoms with Crippen molar-refractivity contribution in [3.8, 4) is 11.5 Å². The fraction of sp³-hybridized carbons (Fsp3) is 0.278. The van der Waals surface area contributed by atoms with E-state index in [1.807, 2.05) is 0 Å². The number of esters is 1. The summed E-state index contributed by atoms with van der Waals surface area (Å²) in [6, 6.07) is 10.4. The van der Waals surface area contributed by atoms with Crippen molar-refractivity contribution in [3.05, 3.63) is 53.1 Å². The molecule has 0 aromatic heterocycles. The van der Waals surface area contributed by atoms with E-state index in [2.05, 4.69) is 4.72 Å². The number of hydrogen-bond donors (Lipinski definition) is 1. The van der Waals surface area contributed by atoms with Crippen LogP contribution in [0.15, 0.2) is 47.4 Å². The predicted octanol–water partition coefficient (Wildman–Crippen LogP) is 3.64. The van der Waals surface area contributed by atoms with Crippen molar-refractivity contribution in [1.29, 1.82) is 0 Å². The molecule has 0 aliphatic heterocycles. The first kappa shape index (κ1) is 20.2. The summed E-state index contributed by atoms with van der Waals surface area (Å²) in [5.41, 5.74) is -0.624. The lowest BCUT2D eigenvalue weighted by Gasteiger charge is -2.21. The molecule has 1 N–H and O–H groups in total. The predicted molar refractivity (Wildman–Crippen MR) is 99.5 cm³/mol. The van der Waals surface area contributed by atoms with Crippen LogP contribution in [0.1, 0.15) is 31.1 Å². The Bertz CT molecular complexity index is 902. The fourth-order valence-electron chi connectivity index (χ4n) is 2.10. The molecule has 8 heteroatoms. The highest BCUT2D eigenvalue weighted by molar-refractivity contribution is 7.89. The van der Waals surface area contributed by atoms with Crippen molar-refractivity contribution < 1.29 is 22.7 Å². The minimum absolute atomic E-state index is 0.0164. The lowest BCUT2D eigenvalue weighted by Crippen LogP contribution is -2.40. The molecule has 2 rings (SSSR count). The maximum atomic E-state index is 12.5. The number of nitrogens with one attached hydrogen (secondary N) is 1. The van der Waals surface area contributed by atoms with Crippen molar-refractivity contribution in [2.24, 2.45) is 0 Å².